The lowest BCUT2D eigenvalue weighted by atomic mass is 10.1. The van der Waals surface area contributed by atoms with Crippen molar-refractivity contribution in [1.29, 1.82) is 0 Å². The summed E-state index contributed by atoms with van der Waals surface area (Å²) in [7, 11) is 0. The molecule has 1 N–H and O–H groups in total. The Morgan fingerprint density at radius 3 is 2.70 bits per heavy atom. The third kappa shape index (κ3) is 4.34. The van der Waals surface area contributed by atoms with Gasteiger partial charge in [0.1, 0.15) is 0 Å². The van der Waals surface area contributed by atoms with Crippen LogP contribution in [0.15, 0.2) is 51.2 Å². The number of hydrogen-bond donors (Lipinski definition) is 1. The Morgan fingerprint density at radius 2 is 2.03 bits per heavy atom. The molecule has 0 spiro atoms. The van der Waals surface area contributed by atoms with Crippen molar-refractivity contribution >= 4 is 46.2 Å². The minimum absolute atomic E-state index is 0.109. The number of imide groups is 1. The molecule has 3 heterocycles. The van der Waals surface area contributed by atoms with Crippen LogP contribution in [0.2, 0.25) is 0 Å². The molecule has 1 fully saturated rings. The average molecular weight is 441 g/mol. The van der Waals surface area contributed by atoms with Gasteiger partial charge in [-0.05, 0) is 60.5 Å². The van der Waals surface area contributed by atoms with E-state index in [9.17, 15) is 14.4 Å². The zero-order chi connectivity index (χ0) is 21.1. The molecule has 0 unspecified atom stereocenters. The number of thiophene rings is 1. The summed E-state index contributed by atoms with van der Waals surface area (Å²) in [6.45, 7) is 2.00. The molecule has 3 amide bonds. The molecule has 0 bridgehead atoms. The second kappa shape index (κ2) is 8.64. The number of aryl methyl sites for hydroxylation is 1. The van der Waals surface area contributed by atoms with Crippen molar-refractivity contribution in [3.8, 4) is 11.5 Å². The summed E-state index contributed by atoms with van der Waals surface area (Å²) >= 11 is 2.40. The van der Waals surface area contributed by atoms with E-state index in [1.165, 1.54) is 11.3 Å². The summed E-state index contributed by atoms with van der Waals surface area (Å²) in [5, 5.41) is 8.03. The van der Waals surface area contributed by atoms with E-state index >= 15 is 0 Å². The number of aromatic nitrogens is 2. The third-order valence-corrected chi connectivity index (χ3v) is 5.96. The molecule has 1 aliphatic heterocycles. The molecular weight excluding hydrogens is 424 g/mol. The fraction of sp³-hybridized carbons (Fsp3) is 0.150. The van der Waals surface area contributed by atoms with E-state index < -0.39 is 0 Å². The highest BCUT2D eigenvalue weighted by atomic mass is 32.2. The minimum Gasteiger partial charge on any atom is -0.350 e. The molecule has 2 aromatic heterocycles. The fourth-order valence-electron chi connectivity index (χ4n) is 2.76. The van der Waals surface area contributed by atoms with Crippen molar-refractivity contribution in [2.24, 2.45) is 0 Å². The first-order valence-electron chi connectivity index (χ1n) is 8.99. The smallest absolute Gasteiger partial charge is 0.293 e. The molecule has 0 radical (unpaired) electrons. The first-order chi connectivity index (χ1) is 14.5. The maximum absolute atomic E-state index is 12.4. The first-order valence-corrected chi connectivity index (χ1v) is 10.7. The van der Waals surface area contributed by atoms with E-state index in [1.807, 2.05) is 17.5 Å². The molecule has 1 saturated heterocycles. The molecule has 0 saturated carbocycles. The Balaban J connectivity index is 1.32. The zero-order valence-corrected chi connectivity index (χ0v) is 17.5. The number of amides is 3. The van der Waals surface area contributed by atoms with Gasteiger partial charge in [-0.3, -0.25) is 19.3 Å². The minimum atomic E-state index is -0.341. The van der Waals surface area contributed by atoms with Gasteiger partial charge in [0, 0.05) is 29.1 Å². The van der Waals surface area contributed by atoms with Crippen molar-refractivity contribution in [2.45, 2.75) is 6.92 Å². The summed E-state index contributed by atoms with van der Waals surface area (Å²) < 4.78 is 5.10. The molecule has 0 atom stereocenters. The quantitative estimate of drug-likeness (QED) is 0.584. The normalized spacial score (nSPS) is 15.2. The van der Waals surface area contributed by atoms with Crippen LogP contribution in [-0.2, 0) is 4.79 Å². The van der Waals surface area contributed by atoms with Crippen molar-refractivity contribution in [3.63, 3.8) is 0 Å². The van der Waals surface area contributed by atoms with E-state index in [4.69, 9.17) is 4.52 Å². The van der Waals surface area contributed by atoms with Crippen LogP contribution in [-0.4, -0.2) is 45.2 Å². The van der Waals surface area contributed by atoms with E-state index in [-0.39, 0.29) is 30.1 Å². The summed E-state index contributed by atoms with van der Waals surface area (Å²) in [5.41, 5.74) is 1.16. The molecule has 1 aliphatic rings. The molecular formula is C20H16N4O4S2. The lowest BCUT2D eigenvalue weighted by Gasteiger charge is -2.13. The van der Waals surface area contributed by atoms with Crippen LogP contribution in [0, 0.1) is 6.92 Å². The lowest BCUT2D eigenvalue weighted by Crippen LogP contribution is -2.37. The summed E-state index contributed by atoms with van der Waals surface area (Å²) in [4.78, 5) is 43.5. The van der Waals surface area contributed by atoms with Crippen LogP contribution in [0.1, 0.15) is 21.1 Å². The SMILES string of the molecule is Cc1noc(-c2ccc(C(=O)NCCN3C(=O)S/C(=C\c4cccs4)C3=O)cc2)n1. The Labute approximate surface area is 180 Å². The van der Waals surface area contributed by atoms with Gasteiger partial charge in [0.25, 0.3) is 22.9 Å². The van der Waals surface area contributed by atoms with E-state index in [2.05, 4.69) is 15.5 Å². The predicted octanol–water partition coefficient (Wildman–Crippen LogP) is 3.57. The van der Waals surface area contributed by atoms with Gasteiger partial charge in [-0.1, -0.05) is 11.2 Å². The second-order valence-electron chi connectivity index (χ2n) is 6.33. The van der Waals surface area contributed by atoms with Crippen LogP contribution < -0.4 is 5.32 Å². The van der Waals surface area contributed by atoms with Crippen LogP contribution >= 0.6 is 23.1 Å². The van der Waals surface area contributed by atoms with E-state index in [1.54, 1.807) is 37.3 Å². The van der Waals surface area contributed by atoms with Crippen molar-refractivity contribution in [1.82, 2.24) is 20.4 Å². The van der Waals surface area contributed by atoms with Crippen molar-refractivity contribution in [2.75, 3.05) is 13.1 Å². The highest BCUT2D eigenvalue weighted by Crippen LogP contribution is 2.32. The number of thioether (sulfide) groups is 1. The van der Waals surface area contributed by atoms with Gasteiger partial charge in [0.15, 0.2) is 5.82 Å². The average Bonchev–Trinajstić information content (AvgIpc) is 3.46. The topological polar surface area (TPSA) is 105 Å². The summed E-state index contributed by atoms with van der Waals surface area (Å²) in [5.74, 6) is 0.273. The predicted molar refractivity (Wildman–Crippen MR) is 114 cm³/mol. The second-order valence-corrected chi connectivity index (χ2v) is 8.30. The largest absolute Gasteiger partial charge is 0.350 e. The van der Waals surface area contributed by atoms with Gasteiger partial charge in [-0.2, -0.15) is 4.98 Å². The number of rotatable bonds is 6. The van der Waals surface area contributed by atoms with Crippen molar-refractivity contribution in [3.05, 3.63) is 62.9 Å². The lowest BCUT2D eigenvalue weighted by molar-refractivity contribution is -0.122. The summed E-state index contributed by atoms with van der Waals surface area (Å²) in [6, 6.07) is 10.5. The number of benzene rings is 1. The Morgan fingerprint density at radius 1 is 1.23 bits per heavy atom. The van der Waals surface area contributed by atoms with Gasteiger partial charge in [-0.25, -0.2) is 0 Å². The zero-order valence-electron chi connectivity index (χ0n) is 15.8. The molecule has 0 aliphatic carbocycles. The molecule has 4 rings (SSSR count). The van der Waals surface area contributed by atoms with Crippen LogP contribution in [0.3, 0.4) is 0 Å². The highest BCUT2D eigenvalue weighted by molar-refractivity contribution is 8.18. The van der Waals surface area contributed by atoms with E-state index in [0.717, 1.165) is 21.5 Å². The van der Waals surface area contributed by atoms with Gasteiger partial charge in [0.2, 0.25) is 0 Å². The number of nitrogens with one attached hydrogen (secondary N) is 1. The standard InChI is InChI=1S/C20H16N4O4S2/c1-12-22-18(28-23-12)14-6-4-13(5-7-14)17(25)21-8-9-24-19(26)16(30-20(24)27)11-15-3-2-10-29-15/h2-7,10-11H,8-9H2,1H3,(H,21,25)/b16-11-. The Hall–Kier alpha value is -3.24. The maximum Gasteiger partial charge on any atom is 0.293 e. The number of hydrogen-bond acceptors (Lipinski definition) is 8. The van der Waals surface area contributed by atoms with Crippen molar-refractivity contribution < 1.29 is 18.9 Å². The molecule has 1 aromatic carbocycles. The number of carbonyl (C=O) groups is 3. The third-order valence-electron chi connectivity index (χ3n) is 4.23. The monoisotopic (exact) mass is 440 g/mol. The first kappa shape index (κ1) is 20.0. The van der Waals surface area contributed by atoms with Gasteiger partial charge in [0.05, 0.1) is 4.91 Å². The molecule has 152 valence electrons. The van der Waals surface area contributed by atoms with Crippen LogP contribution in [0.25, 0.3) is 17.5 Å². The molecule has 30 heavy (non-hydrogen) atoms. The van der Waals surface area contributed by atoms with Gasteiger partial charge < -0.3 is 9.84 Å². The Kier molecular flexibility index (Phi) is 5.77. The molecule has 10 heteroatoms. The summed E-state index contributed by atoms with van der Waals surface area (Å²) in [6.07, 6.45) is 1.71. The molecule has 8 nitrogen and oxygen atoms in total. The van der Waals surface area contributed by atoms with Gasteiger partial charge in [-0.15, -0.1) is 11.3 Å². The number of carbonyl (C=O) groups excluding carboxylic acids is 3. The highest BCUT2D eigenvalue weighted by Gasteiger charge is 2.34. The number of nitrogens with zero attached hydrogens (tertiary/aromatic N) is 3. The van der Waals surface area contributed by atoms with Gasteiger partial charge >= 0.3 is 0 Å². The molecule has 3 aromatic rings. The van der Waals surface area contributed by atoms with Crippen LogP contribution in [0.5, 0.6) is 0 Å². The maximum atomic E-state index is 12.4. The van der Waals surface area contributed by atoms with Crippen LogP contribution in [0.4, 0.5) is 4.79 Å². The van der Waals surface area contributed by atoms with E-state index in [0.29, 0.717) is 27.7 Å². The fourth-order valence-corrected chi connectivity index (χ4v) is 4.34. The Bertz CT molecular complexity index is 1120.